The maximum atomic E-state index is 12.8. The average Bonchev–Trinajstić information content (AvgIpc) is 3.31. The number of hydrogen-bond donors (Lipinski definition) is 0. The Bertz CT molecular complexity index is 1050. The Labute approximate surface area is 181 Å². The van der Waals surface area contributed by atoms with Crippen LogP contribution in [0.1, 0.15) is 61.2 Å². The third kappa shape index (κ3) is 3.42. The fraction of sp³-hybridized carbons (Fsp3) is 0.259. The Morgan fingerprint density at radius 3 is 1.45 bits per heavy atom. The van der Waals surface area contributed by atoms with Crippen molar-refractivity contribution in [2.75, 3.05) is 0 Å². The van der Waals surface area contributed by atoms with Gasteiger partial charge in [-0.25, -0.2) is 9.59 Å². The lowest BCUT2D eigenvalue weighted by atomic mass is 9.85. The van der Waals surface area contributed by atoms with Crippen molar-refractivity contribution in [1.82, 2.24) is 0 Å². The zero-order valence-electron chi connectivity index (χ0n) is 17.6. The van der Waals surface area contributed by atoms with Gasteiger partial charge in [0.25, 0.3) is 0 Å². The van der Waals surface area contributed by atoms with Gasteiger partial charge in [0, 0.05) is 11.8 Å². The summed E-state index contributed by atoms with van der Waals surface area (Å²) in [5.74, 6) is -0.713. The van der Waals surface area contributed by atoms with Crippen LogP contribution in [-0.4, -0.2) is 24.1 Å². The molecular formula is C27H24O4. The standard InChI is InChI=1S/C27H24O4/c1-16-13-20-21(14-17(16)2)23-15-22(20)24(30-26(28)18-9-5-3-6-10-18)25(23)31-27(29)19-11-7-4-8-12-19/h3-14,22-25H,15H2,1-2H3. The molecule has 5 rings (SSSR count). The number of carbonyl (C=O) groups excluding carboxylic acids is 2. The predicted molar refractivity (Wildman–Crippen MR) is 117 cm³/mol. The summed E-state index contributed by atoms with van der Waals surface area (Å²) < 4.78 is 12.0. The maximum absolute atomic E-state index is 12.8. The first-order valence-corrected chi connectivity index (χ1v) is 10.7. The Kier molecular flexibility index (Phi) is 4.85. The molecule has 4 unspecified atom stereocenters. The highest BCUT2D eigenvalue weighted by Crippen LogP contribution is 2.56. The van der Waals surface area contributed by atoms with Crippen LogP contribution in [0, 0.1) is 13.8 Å². The van der Waals surface area contributed by atoms with Gasteiger partial charge in [0.15, 0.2) is 0 Å². The predicted octanol–water partition coefficient (Wildman–Crippen LogP) is 5.34. The Morgan fingerprint density at radius 1 is 0.677 bits per heavy atom. The molecule has 4 heteroatoms. The highest BCUT2D eigenvalue weighted by molar-refractivity contribution is 5.90. The quantitative estimate of drug-likeness (QED) is 0.543. The summed E-state index contributed by atoms with van der Waals surface area (Å²) in [7, 11) is 0. The number of rotatable bonds is 4. The lowest BCUT2D eigenvalue weighted by Crippen LogP contribution is -2.39. The minimum atomic E-state index is -0.500. The second kappa shape index (κ2) is 7.69. The molecule has 4 atom stereocenters. The van der Waals surface area contributed by atoms with Gasteiger partial charge in [-0.2, -0.15) is 0 Å². The molecule has 0 aromatic heterocycles. The minimum absolute atomic E-state index is 0.0283. The van der Waals surface area contributed by atoms with Gasteiger partial charge in [-0.1, -0.05) is 48.5 Å². The number of hydrogen-bond acceptors (Lipinski definition) is 4. The third-order valence-electron chi connectivity index (χ3n) is 6.63. The summed E-state index contributed by atoms with van der Waals surface area (Å²) in [4.78, 5) is 25.7. The number of carbonyl (C=O) groups is 2. The van der Waals surface area contributed by atoms with Gasteiger partial charge in [-0.05, 0) is 66.8 Å². The normalized spacial score (nSPS) is 23.3. The zero-order valence-corrected chi connectivity index (χ0v) is 17.6. The van der Waals surface area contributed by atoms with Crippen molar-refractivity contribution in [2.45, 2.75) is 44.3 Å². The number of ether oxygens (including phenoxy) is 2. The van der Waals surface area contributed by atoms with Crippen LogP contribution < -0.4 is 0 Å². The summed E-state index contributed by atoms with van der Waals surface area (Å²) in [6.45, 7) is 4.19. The van der Waals surface area contributed by atoms with E-state index in [0.717, 1.165) is 6.42 Å². The van der Waals surface area contributed by atoms with Gasteiger partial charge in [0.2, 0.25) is 0 Å². The van der Waals surface area contributed by atoms with E-state index in [1.165, 1.54) is 22.3 Å². The van der Waals surface area contributed by atoms with Crippen molar-refractivity contribution in [1.29, 1.82) is 0 Å². The summed E-state index contributed by atoms with van der Waals surface area (Å²) in [5, 5.41) is 0. The van der Waals surface area contributed by atoms with Gasteiger partial charge in [-0.3, -0.25) is 0 Å². The Morgan fingerprint density at radius 2 is 1.06 bits per heavy atom. The summed E-state index contributed by atoms with van der Waals surface area (Å²) in [5.41, 5.74) is 5.86. The second-order valence-corrected chi connectivity index (χ2v) is 8.49. The molecule has 0 N–H and O–H groups in total. The molecule has 2 aliphatic carbocycles. The number of aryl methyl sites for hydroxylation is 2. The SMILES string of the molecule is Cc1cc2c(cc1C)C1CC2C(OC(=O)c2ccccc2)C1OC(=O)c1ccccc1. The number of esters is 2. The molecule has 1 saturated carbocycles. The lowest BCUT2D eigenvalue weighted by Gasteiger charge is -2.32. The van der Waals surface area contributed by atoms with Crippen molar-refractivity contribution in [3.05, 3.63) is 106 Å². The van der Waals surface area contributed by atoms with Crippen LogP contribution in [0.2, 0.25) is 0 Å². The van der Waals surface area contributed by atoms with Crippen LogP contribution in [0.5, 0.6) is 0 Å². The first-order chi connectivity index (χ1) is 15.0. The van der Waals surface area contributed by atoms with E-state index in [9.17, 15) is 9.59 Å². The van der Waals surface area contributed by atoms with Crippen LogP contribution in [-0.2, 0) is 9.47 Å². The molecule has 0 aliphatic heterocycles. The van der Waals surface area contributed by atoms with Crippen LogP contribution in [0.25, 0.3) is 0 Å². The first kappa shape index (κ1) is 19.6. The Balaban J connectivity index is 1.48. The lowest BCUT2D eigenvalue weighted by molar-refractivity contribution is -0.0348. The molecule has 3 aromatic rings. The number of fused-ring (bicyclic) bond motifs is 5. The first-order valence-electron chi connectivity index (χ1n) is 10.7. The van der Waals surface area contributed by atoms with Crippen molar-refractivity contribution < 1.29 is 19.1 Å². The van der Waals surface area contributed by atoms with Crippen molar-refractivity contribution in [3.8, 4) is 0 Å². The van der Waals surface area contributed by atoms with Crippen molar-refractivity contribution in [2.24, 2.45) is 0 Å². The van der Waals surface area contributed by atoms with E-state index < -0.39 is 12.2 Å². The van der Waals surface area contributed by atoms with Gasteiger partial charge in [0.05, 0.1) is 11.1 Å². The van der Waals surface area contributed by atoms with E-state index in [2.05, 4.69) is 26.0 Å². The molecule has 0 radical (unpaired) electrons. The zero-order chi connectivity index (χ0) is 21.5. The highest BCUT2D eigenvalue weighted by atomic mass is 16.6. The van der Waals surface area contributed by atoms with E-state index in [4.69, 9.17) is 9.47 Å². The van der Waals surface area contributed by atoms with E-state index in [1.54, 1.807) is 24.3 Å². The van der Waals surface area contributed by atoms with Crippen LogP contribution in [0.15, 0.2) is 72.8 Å². The van der Waals surface area contributed by atoms with Crippen molar-refractivity contribution >= 4 is 11.9 Å². The average molecular weight is 412 g/mol. The molecule has 3 aromatic carbocycles. The fourth-order valence-electron chi connectivity index (χ4n) is 4.94. The van der Waals surface area contributed by atoms with Crippen LogP contribution >= 0.6 is 0 Å². The van der Waals surface area contributed by atoms with E-state index in [0.29, 0.717) is 11.1 Å². The molecular weight excluding hydrogens is 388 g/mol. The molecule has 156 valence electrons. The highest BCUT2D eigenvalue weighted by Gasteiger charge is 2.55. The van der Waals surface area contributed by atoms with Gasteiger partial charge >= 0.3 is 11.9 Å². The van der Waals surface area contributed by atoms with E-state index >= 15 is 0 Å². The monoisotopic (exact) mass is 412 g/mol. The van der Waals surface area contributed by atoms with Crippen LogP contribution in [0.4, 0.5) is 0 Å². The number of benzene rings is 3. The van der Waals surface area contributed by atoms with E-state index in [-0.39, 0.29) is 23.8 Å². The largest absolute Gasteiger partial charge is 0.454 e. The van der Waals surface area contributed by atoms with Crippen molar-refractivity contribution in [3.63, 3.8) is 0 Å². The van der Waals surface area contributed by atoms with Crippen LogP contribution in [0.3, 0.4) is 0 Å². The summed E-state index contributed by atoms with van der Waals surface area (Å²) >= 11 is 0. The maximum Gasteiger partial charge on any atom is 0.338 e. The molecule has 0 heterocycles. The van der Waals surface area contributed by atoms with E-state index in [1.807, 2.05) is 36.4 Å². The van der Waals surface area contributed by atoms with Gasteiger partial charge in [0.1, 0.15) is 12.2 Å². The molecule has 31 heavy (non-hydrogen) atoms. The van der Waals surface area contributed by atoms with Gasteiger partial charge in [-0.15, -0.1) is 0 Å². The summed E-state index contributed by atoms with van der Waals surface area (Å²) in [6, 6.07) is 22.3. The summed E-state index contributed by atoms with van der Waals surface area (Å²) in [6.07, 6.45) is -0.183. The molecule has 4 nitrogen and oxygen atoms in total. The second-order valence-electron chi connectivity index (χ2n) is 8.49. The Hall–Kier alpha value is -3.40. The third-order valence-corrected chi connectivity index (χ3v) is 6.63. The fourth-order valence-corrected chi connectivity index (χ4v) is 4.94. The molecule has 1 fully saturated rings. The van der Waals surface area contributed by atoms with Gasteiger partial charge < -0.3 is 9.47 Å². The smallest absolute Gasteiger partial charge is 0.338 e. The topological polar surface area (TPSA) is 52.6 Å². The minimum Gasteiger partial charge on any atom is -0.454 e. The molecule has 2 aliphatic rings. The molecule has 2 bridgehead atoms. The molecule has 0 saturated heterocycles. The molecule has 0 amide bonds. The molecule has 0 spiro atoms.